The highest BCUT2D eigenvalue weighted by molar-refractivity contribution is 6.04. The van der Waals surface area contributed by atoms with Crippen LogP contribution in [0.15, 0.2) is 24.3 Å². The van der Waals surface area contributed by atoms with E-state index in [2.05, 4.69) is 0 Å². The molecule has 1 aromatic carbocycles. The molecular weight excluding hydrogens is 260 g/mol. The molecule has 0 unspecified atom stereocenters. The Morgan fingerprint density at radius 1 is 1.10 bits per heavy atom. The Balaban J connectivity index is 2.13. The van der Waals surface area contributed by atoms with Gasteiger partial charge >= 0.3 is 5.97 Å². The summed E-state index contributed by atoms with van der Waals surface area (Å²) in [6.45, 7) is 0.834. The molecule has 1 fully saturated rings. The second kappa shape index (κ2) is 5.73. The molecule has 1 aromatic rings. The molecule has 0 aliphatic carbocycles. The van der Waals surface area contributed by atoms with Gasteiger partial charge in [0.05, 0.1) is 11.1 Å². The SMILES string of the molecule is NC(=O)C1CCN(C(=O)c2ccccc2C(=O)O)CC1. The van der Waals surface area contributed by atoms with Gasteiger partial charge in [-0.15, -0.1) is 0 Å². The number of carbonyl (C=O) groups is 3. The summed E-state index contributed by atoms with van der Waals surface area (Å²) in [5.41, 5.74) is 5.42. The number of amides is 2. The lowest BCUT2D eigenvalue weighted by atomic mass is 9.95. The lowest BCUT2D eigenvalue weighted by Crippen LogP contribution is -2.42. The van der Waals surface area contributed by atoms with Gasteiger partial charge in [-0.05, 0) is 25.0 Å². The molecule has 6 nitrogen and oxygen atoms in total. The number of likely N-dealkylation sites (tertiary alicyclic amines) is 1. The highest BCUT2D eigenvalue weighted by Crippen LogP contribution is 2.20. The van der Waals surface area contributed by atoms with Gasteiger partial charge in [0.15, 0.2) is 0 Å². The Morgan fingerprint density at radius 3 is 2.15 bits per heavy atom. The summed E-state index contributed by atoms with van der Waals surface area (Å²) in [7, 11) is 0. The van der Waals surface area contributed by atoms with Gasteiger partial charge in [-0.1, -0.05) is 12.1 Å². The van der Waals surface area contributed by atoms with Gasteiger partial charge in [0.25, 0.3) is 5.91 Å². The molecule has 0 atom stereocenters. The fourth-order valence-electron chi connectivity index (χ4n) is 2.39. The average molecular weight is 276 g/mol. The number of carboxylic acid groups (broad SMARTS) is 1. The van der Waals surface area contributed by atoms with Crippen LogP contribution >= 0.6 is 0 Å². The van der Waals surface area contributed by atoms with E-state index in [9.17, 15) is 14.4 Å². The number of aromatic carboxylic acids is 1. The zero-order valence-corrected chi connectivity index (χ0v) is 10.9. The van der Waals surface area contributed by atoms with Gasteiger partial charge in [0, 0.05) is 19.0 Å². The average Bonchev–Trinajstić information content (AvgIpc) is 2.46. The van der Waals surface area contributed by atoms with Crippen LogP contribution in [0, 0.1) is 5.92 Å². The van der Waals surface area contributed by atoms with E-state index in [1.54, 1.807) is 17.0 Å². The lowest BCUT2D eigenvalue weighted by molar-refractivity contribution is -0.123. The summed E-state index contributed by atoms with van der Waals surface area (Å²) < 4.78 is 0. The Labute approximate surface area is 116 Å². The normalized spacial score (nSPS) is 15.9. The molecule has 1 aliphatic rings. The Kier molecular flexibility index (Phi) is 4.02. The molecule has 6 heteroatoms. The molecule has 0 aromatic heterocycles. The molecule has 106 valence electrons. The van der Waals surface area contributed by atoms with E-state index >= 15 is 0 Å². The van der Waals surface area contributed by atoms with E-state index in [1.165, 1.54) is 12.1 Å². The lowest BCUT2D eigenvalue weighted by Gasteiger charge is -2.30. The minimum absolute atomic E-state index is 0.00507. The largest absolute Gasteiger partial charge is 0.478 e. The van der Waals surface area contributed by atoms with E-state index in [4.69, 9.17) is 10.8 Å². The third kappa shape index (κ3) is 2.79. The van der Waals surface area contributed by atoms with Gasteiger partial charge < -0.3 is 15.7 Å². The van der Waals surface area contributed by atoms with Crippen LogP contribution in [0.5, 0.6) is 0 Å². The summed E-state index contributed by atoms with van der Waals surface area (Å²) in [6, 6.07) is 6.13. The zero-order chi connectivity index (χ0) is 14.7. The highest BCUT2D eigenvalue weighted by atomic mass is 16.4. The first-order valence-corrected chi connectivity index (χ1v) is 6.41. The van der Waals surface area contributed by atoms with Crippen LogP contribution in [-0.4, -0.2) is 40.9 Å². The molecule has 2 rings (SSSR count). The molecule has 2 amide bonds. The molecule has 0 saturated carbocycles. The number of carboxylic acids is 1. The van der Waals surface area contributed by atoms with Crippen molar-refractivity contribution in [2.75, 3.05) is 13.1 Å². The van der Waals surface area contributed by atoms with E-state index in [-0.39, 0.29) is 28.9 Å². The maximum atomic E-state index is 12.3. The van der Waals surface area contributed by atoms with Crippen molar-refractivity contribution in [3.8, 4) is 0 Å². The molecule has 1 aliphatic heterocycles. The van der Waals surface area contributed by atoms with Crippen molar-refractivity contribution >= 4 is 17.8 Å². The van der Waals surface area contributed by atoms with Crippen molar-refractivity contribution in [3.63, 3.8) is 0 Å². The van der Waals surface area contributed by atoms with Gasteiger partial charge in [-0.3, -0.25) is 9.59 Å². The molecule has 1 saturated heterocycles. The van der Waals surface area contributed by atoms with Crippen LogP contribution < -0.4 is 5.73 Å². The fraction of sp³-hybridized carbons (Fsp3) is 0.357. The smallest absolute Gasteiger partial charge is 0.336 e. The first-order valence-electron chi connectivity index (χ1n) is 6.41. The van der Waals surface area contributed by atoms with Crippen molar-refractivity contribution < 1.29 is 19.5 Å². The monoisotopic (exact) mass is 276 g/mol. The molecule has 20 heavy (non-hydrogen) atoms. The summed E-state index contributed by atoms with van der Waals surface area (Å²) in [4.78, 5) is 36.1. The summed E-state index contributed by atoms with van der Waals surface area (Å²) in [6.07, 6.45) is 1.05. The van der Waals surface area contributed by atoms with Crippen molar-refractivity contribution in [1.29, 1.82) is 0 Å². The molecule has 0 bridgehead atoms. The number of nitrogens with zero attached hydrogens (tertiary/aromatic N) is 1. The maximum absolute atomic E-state index is 12.3. The van der Waals surface area contributed by atoms with Crippen molar-refractivity contribution in [1.82, 2.24) is 4.90 Å². The Morgan fingerprint density at radius 2 is 1.65 bits per heavy atom. The number of hydrogen-bond donors (Lipinski definition) is 2. The molecule has 1 heterocycles. The van der Waals surface area contributed by atoms with Crippen molar-refractivity contribution in [2.45, 2.75) is 12.8 Å². The molecule has 3 N–H and O–H groups in total. The predicted molar refractivity (Wildman–Crippen MR) is 71.2 cm³/mol. The third-order valence-corrected chi connectivity index (χ3v) is 3.57. The van der Waals surface area contributed by atoms with E-state index in [0.717, 1.165) is 0 Å². The van der Waals surface area contributed by atoms with Crippen LogP contribution in [0.2, 0.25) is 0 Å². The zero-order valence-electron chi connectivity index (χ0n) is 10.9. The van der Waals surface area contributed by atoms with E-state index < -0.39 is 5.97 Å². The first kappa shape index (κ1) is 14.0. The quantitative estimate of drug-likeness (QED) is 0.849. The number of carbonyl (C=O) groups excluding carboxylic acids is 2. The molecular formula is C14H16N2O4. The third-order valence-electron chi connectivity index (χ3n) is 3.57. The van der Waals surface area contributed by atoms with Gasteiger partial charge in [0.2, 0.25) is 5.91 Å². The second-order valence-corrected chi connectivity index (χ2v) is 4.82. The highest BCUT2D eigenvalue weighted by Gasteiger charge is 2.28. The molecule has 0 radical (unpaired) electrons. The number of piperidine rings is 1. The van der Waals surface area contributed by atoms with E-state index in [1.807, 2.05) is 0 Å². The number of hydrogen-bond acceptors (Lipinski definition) is 3. The fourth-order valence-corrected chi connectivity index (χ4v) is 2.39. The van der Waals surface area contributed by atoms with Crippen LogP contribution in [0.4, 0.5) is 0 Å². The maximum Gasteiger partial charge on any atom is 0.336 e. The first-order chi connectivity index (χ1) is 9.50. The van der Waals surface area contributed by atoms with Crippen molar-refractivity contribution in [3.05, 3.63) is 35.4 Å². The van der Waals surface area contributed by atoms with E-state index in [0.29, 0.717) is 25.9 Å². The van der Waals surface area contributed by atoms with Gasteiger partial charge in [-0.2, -0.15) is 0 Å². The van der Waals surface area contributed by atoms with Crippen LogP contribution in [0.3, 0.4) is 0 Å². The van der Waals surface area contributed by atoms with Crippen molar-refractivity contribution in [2.24, 2.45) is 11.7 Å². The second-order valence-electron chi connectivity index (χ2n) is 4.82. The number of benzene rings is 1. The van der Waals surface area contributed by atoms with Crippen LogP contribution in [0.1, 0.15) is 33.6 Å². The summed E-state index contributed by atoms with van der Waals surface area (Å²) >= 11 is 0. The van der Waals surface area contributed by atoms with Gasteiger partial charge in [-0.25, -0.2) is 4.79 Å². The summed E-state index contributed by atoms with van der Waals surface area (Å²) in [5.74, 6) is -1.98. The standard InChI is InChI=1S/C14H16N2O4/c15-12(17)9-5-7-16(8-6-9)13(18)10-3-1-2-4-11(10)14(19)20/h1-4,9H,5-8H2,(H2,15,17)(H,19,20). The molecule has 0 spiro atoms. The Hall–Kier alpha value is -2.37. The minimum atomic E-state index is -1.12. The number of nitrogens with two attached hydrogens (primary N) is 1. The number of rotatable bonds is 3. The Bertz CT molecular complexity index is 548. The topological polar surface area (TPSA) is 101 Å². The predicted octanol–water partition coefficient (Wildman–Crippen LogP) is 0.722. The van der Waals surface area contributed by atoms with Crippen LogP contribution in [0.25, 0.3) is 0 Å². The van der Waals surface area contributed by atoms with Gasteiger partial charge in [0.1, 0.15) is 0 Å². The van der Waals surface area contributed by atoms with Crippen LogP contribution in [-0.2, 0) is 4.79 Å². The minimum Gasteiger partial charge on any atom is -0.478 e. The summed E-state index contributed by atoms with van der Waals surface area (Å²) in [5, 5.41) is 9.10. The number of primary amides is 1.